The Hall–Kier alpha value is -2.48. The molecule has 0 saturated carbocycles. The lowest BCUT2D eigenvalue weighted by Gasteiger charge is -2.17. The van der Waals surface area contributed by atoms with E-state index < -0.39 is 0 Å². The smallest absolute Gasteiger partial charge is 0.119 e. The number of aromatic hydroxyl groups is 2. The van der Waals surface area contributed by atoms with Gasteiger partial charge in [0.25, 0.3) is 0 Å². The van der Waals surface area contributed by atoms with Gasteiger partial charge in [-0.3, -0.25) is 0 Å². The highest BCUT2D eigenvalue weighted by Crippen LogP contribution is 2.34. The van der Waals surface area contributed by atoms with Crippen molar-refractivity contribution < 1.29 is 10.2 Å². The van der Waals surface area contributed by atoms with E-state index in [1.165, 1.54) is 16.7 Å². The fraction of sp³-hybridized carbons (Fsp3) is 0.238. The minimum absolute atomic E-state index is 0.298. The van der Waals surface area contributed by atoms with Crippen LogP contribution in [0.3, 0.4) is 0 Å². The molecular weight excluding hydrogens is 284 g/mol. The third-order valence-electron chi connectivity index (χ3n) is 4.40. The van der Waals surface area contributed by atoms with E-state index in [0.29, 0.717) is 17.4 Å². The molecule has 2 aromatic carbocycles. The van der Waals surface area contributed by atoms with E-state index in [1.807, 2.05) is 18.2 Å². The van der Waals surface area contributed by atoms with Crippen LogP contribution in [-0.2, 0) is 0 Å². The van der Waals surface area contributed by atoms with Crippen molar-refractivity contribution >= 4 is 11.1 Å². The zero-order valence-corrected chi connectivity index (χ0v) is 13.6. The number of benzene rings is 2. The first-order chi connectivity index (χ1) is 11.0. The number of rotatable bonds is 3. The van der Waals surface area contributed by atoms with Crippen LogP contribution in [0.2, 0.25) is 0 Å². The van der Waals surface area contributed by atoms with E-state index in [-0.39, 0.29) is 0 Å². The van der Waals surface area contributed by atoms with Crippen LogP contribution in [0.4, 0.5) is 0 Å². The molecule has 0 aliphatic heterocycles. The zero-order valence-electron chi connectivity index (χ0n) is 13.6. The maximum atomic E-state index is 9.97. The van der Waals surface area contributed by atoms with Gasteiger partial charge in [0.05, 0.1) is 0 Å². The van der Waals surface area contributed by atoms with Gasteiger partial charge in [0, 0.05) is 0 Å². The van der Waals surface area contributed by atoms with E-state index in [9.17, 15) is 10.2 Å². The Bertz CT molecular complexity index is 765. The maximum absolute atomic E-state index is 9.97. The molecule has 1 aliphatic rings. The Morgan fingerprint density at radius 2 is 1.35 bits per heavy atom. The molecule has 118 valence electrons. The first-order valence-electron chi connectivity index (χ1n) is 8.05. The minimum Gasteiger partial charge on any atom is -0.508 e. The van der Waals surface area contributed by atoms with E-state index in [2.05, 4.69) is 32.1 Å². The van der Waals surface area contributed by atoms with Gasteiger partial charge in [-0.05, 0) is 70.9 Å². The van der Waals surface area contributed by atoms with Crippen molar-refractivity contribution in [1.82, 2.24) is 0 Å². The lowest BCUT2D eigenvalue weighted by atomic mass is 9.89. The number of phenolic OH excluding ortho intramolecular Hbond substituents is 2. The highest BCUT2D eigenvalue weighted by molar-refractivity contribution is 5.78. The average molecular weight is 306 g/mol. The molecule has 23 heavy (non-hydrogen) atoms. The van der Waals surface area contributed by atoms with Crippen molar-refractivity contribution in [2.24, 2.45) is 0 Å². The quantitative estimate of drug-likeness (QED) is 0.788. The van der Waals surface area contributed by atoms with Gasteiger partial charge in [0.15, 0.2) is 0 Å². The third kappa shape index (κ3) is 3.31. The molecule has 0 aromatic heterocycles. The number of phenols is 2. The Morgan fingerprint density at radius 3 is 1.91 bits per heavy atom. The largest absolute Gasteiger partial charge is 0.508 e. The predicted molar refractivity (Wildman–Crippen MR) is 95.5 cm³/mol. The Morgan fingerprint density at radius 1 is 0.783 bits per heavy atom. The van der Waals surface area contributed by atoms with Crippen LogP contribution in [0, 0.1) is 0 Å². The summed E-state index contributed by atoms with van der Waals surface area (Å²) < 4.78 is 0. The summed E-state index contributed by atoms with van der Waals surface area (Å²) in [5, 5.41) is 19.4. The minimum atomic E-state index is 0.298. The van der Waals surface area contributed by atoms with Gasteiger partial charge in [-0.1, -0.05) is 44.2 Å². The van der Waals surface area contributed by atoms with Gasteiger partial charge >= 0.3 is 0 Å². The van der Waals surface area contributed by atoms with Crippen LogP contribution in [0.15, 0.2) is 54.6 Å². The summed E-state index contributed by atoms with van der Waals surface area (Å²) in [5.41, 5.74) is 5.93. The molecule has 0 bridgehead atoms. The van der Waals surface area contributed by atoms with Crippen LogP contribution in [0.25, 0.3) is 11.1 Å². The molecule has 0 amide bonds. The topological polar surface area (TPSA) is 40.5 Å². The van der Waals surface area contributed by atoms with Gasteiger partial charge in [0.2, 0.25) is 0 Å². The van der Waals surface area contributed by atoms with Gasteiger partial charge in [-0.2, -0.15) is 0 Å². The molecule has 2 heteroatoms. The second-order valence-electron chi connectivity index (χ2n) is 6.34. The van der Waals surface area contributed by atoms with Crippen LogP contribution in [0.5, 0.6) is 11.5 Å². The van der Waals surface area contributed by atoms with Crippen molar-refractivity contribution in [1.29, 1.82) is 0 Å². The Kier molecular flexibility index (Phi) is 4.24. The molecule has 1 aliphatic carbocycles. The second-order valence-corrected chi connectivity index (χ2v) is 6.34. The summed E-state index contributed by atoms with van der Waals surface area (Å²) in [5.74, 6) is 0.981. The molecule has 0 fully saturated rings. The van der Waals surface area contributed by atoms with Crippen molar-refractivity contribution in [3.63, 3.8) is 0 Å². The molecule has 0 heterocycles. The number of hydrogen-bond acceptors (Lipinski definition) is 2. The molecule has 2 aromatic rings. The van der Waals surface area contributed by atoms with Crippen LogP contribution >= 0.6 is 0 Å². The SMILES string of the molecule is CC(C)c1cc(C2=CCC(c3ccc(O)cc3)=CC2)ccc1O. The average Bonchev–Trinajstić information content (AvgIpc) is 2.56. The second kappa shape index (κ2) is 6.33. The molecule has 2 N–H and O–H groups in total. The Balaban J connectivity index is 1.80. The first kappa shape index (κ1) is 15.4. The van der Waals surface area contributed by atoms with Crippen molar-refractivity contribution in [3.05, 3.63) is 71.3 Å². The number of allylic oxidation sites excluding steroid dienone is 4. The summed E-state index contributed by atoms with van der Waals surface area (Å²) in [7, 11) is 0. The van der Waals surface area contributed by atoms with Gasteiger partial charge in [-0.15, -0.1) is 0 Å². The summed E-state index contributed by atoms with van der Waals surface area (Å²) in [6.07, 6.45) is 6.29. The van der Waals surface area contributed by atoms with E-state index >= 15 is 0 Å². The van der Waals surface area contributed by atoms with Crippen molar-refractivity contribution in [3.8, 4) is 11.5 Å². The van der Waals surface area contributed by atoms with Gasteiger partial charge < -0.3 is 10.2 Å². The summed E-state index contributed by atoms with van der Waals surface area (Å²) in [6.45, 7) is 4.19. The van der Waals surface area contributed by atoms with Crippen LogP contribution in [-0.4, -0.2) is 10.2 Å². The molecule has 3 rings (SSSR count). The fourth-order valence-electron chi connectivity index (χ4n) is 3.00. The lowest BCUT2D eigenvalue weighted by molar-refractivity contribution is 0.465. The van der Waals surface area contributed by atoms with Gasteiger partial charge in [0.1, 0.15) is 11.5 Å². The highest BCUT2D eigenvalue weighted by atomic mass is 16.3. The maximum Gasteiger partial charge on any atom is 0.119 e. The lowest BCUT2D eigenvalue weighted by Crippen LogP contribution is -1.95. The zero-order chi connectivity index (χ0) is 16.4. The van der Waals surface area contributed by atoms with Crippen LogP contribution in [0.1, 0.15) is 49.3 Å². The van der Waals surface area contributed by atoms with Crippen LogP contribution < -0.4 is 0 Å². The van der Waals surface area contributed by atoms with E-state index in [0.717, 1.165) is 24.0 Å². The first-order valence-corrected chi connectivity index (χ1v) is 8.05. The number of hydrogen-bond donors (Lipinski definition) is 2. The summed E-state index contributed by atoms with van der Waals surface area (Å²) in [6, 6.07) is 13.3. The van der Waals surface area contributed by atoms with Gasteiger partial charge in [-0.25, -0.2) is 0 Å². The third-order valence-corrected chi connectivity index (χ3v) is 4.40. The molecule has 0 spiro atoms. The van der Waals surface area contributed by atoms with Crippen molar-refractivity contribution in [2.75, 3.05) is 0 Å². The van der Waals surface area contributed by atoms with Crippen molar-refractivity contribution in [2.45, 2.75) is 32.6 Å². The molecule has 0 atom stereocenters. The Labute approximate surface area is 137 Å². The molecule has 0 radical (unpaired) electrons. The molecule has 0 saturated heterocycles. The summed E-state index contributed by atoms with van der Waals surface area (Å²) in [4.78, 5) is 0. The van der Waals surface area contributed by atoms with E-state index in [4.69, 9.17) is 0 Å². The summed E-state index contributed by atoms with van der Waals surface area (Å²) >= 11 is 0. The standard InChI is InChI=1S/C21H22O2/c1-14(2)20-13-18(9-12-21(20)23)17-5-3-15(4-6-17)16-7-10-19(22)11-8-16/h3,6-14,22-23H,4-5H2,1-2H3. The fourth-order valence-corrected chi connectivity index (χ4v) is 3.00. The molecular formula is C21H22O2. The monoisotopic (exact) mass is 306 g/mol. The van der Waals surface area contributed by atoms with E-state index in [1.54, 1.807) is 18.2 Å². The molecule has 2 nitrogen and oxygen atoms in total. The predicted octanol–water partition coefficient (Wildman–Crippen LogP) is 5.48. The molecule has 0 unspecified atom stereocenters. The highest BCUT2D eigenvalue weighted by Gasteiger charge is 2.12. The normalized spacial score (nSPS) is 14.6.